The maximum absolute atomic E-state index is 14.1. The van der Waals surface area contributed by atoms with Crippen LogP contribution in [0.15, 0.2) is 48.5 Å². The average molecular weight is 423 g/mol. The van der Waals surface area contributed by atoms with Gasteiger partial charge in [-0.15, -0.1) is 11.3 Å². The Kier molecular flexibility index (Phi) is 5.68. The summed E-state index contributed by atoms with van der Waals surface area (Å²) in [5.41, 5.74) is 3.19. The van der Waals surface area contributed by atoms with Gasteiger partial charge in [0.25, 0.3) is 11.8 Å². The van der Waals surface area contributed by atoms with Crippen LogP contribution >= 0.6 is 11.3 Å². The Bertz CT molecular complexity index is 1120. The first-order valence-corrected chi connectivity index (χ1v) is 10.8. The van der Waals surface area contributed by atoms with Gasteiger partial charge in [0.2, 0.25) is 0 Å². The minimum Gasteiger partial charge on any atom is -0.322 e. The summed E-state index contributed by atoms with van der Waals surface area (Å²) in [6, 6.07) is 13.4. The fourth-order valence-corrected chi connectivity index (χ4v) is 5.21. The van der Waals surface area contributed by atoms with E-state index in [1.807, 2.05) is 31.2 Å². The van der Waals surface area contributed by atoms with Crippen molar-refractivity contribution in [3.63, 3.8) is 0 Å². The minimum atomic E-state index is -0.587. The average Bonchev–Trinajstić information content (AvgIpc) is 3.05. The van der Waals surface area contributed by atoms with Crippen molar-refractivity contribution in [3.8, 4) is 0 Å². The molecular weight excluding hydrogens is 399 g/mol. The number of amides is 2. The molecule has 2 N–H and O–H groups in total. The Morgan fingerprint density at radius 3 is 2.63 bits per heavy atom. The topological polar surface area (TPSA) is 58.2 Å². The summed E-state index contributed by atoms with van der Waals surface area (Å²) < 4.78 is 14.1. The van der Waals surface area contributed by atoms with Crippen LogP contribution in [-0.2, 0) is 12.8 Å². The van der Waals surface area contributed by atoms with Gasteiger partial charge in [-0.05, 0) is 67.5 Å². The van der Waals surface area contributed by atoms with Crippen molar-refractivity contribution in [3.05, 3.63) is 81.5 Å². The molecule has 3 aromatic rings. The van der Waals surface area contributed by atoms with E-state index >= 15 is 0 Å². The fraction of sp³-hybridized carbons (Fsp3) is 0.250. The lowest BCUT2D eigenvalue weighted by atomic mass is 9.88. The Balaban J connectivity index is 1.68. The highest BCUT2D eigenvalue weighted by Crippen LogP contribution is 2.40. The summed E-state index contributed by atoms with van der Waals surface area (Å²) in [5.74, 6) is -0.865. The number of carbonyl (C=O) groups is 2. The smallest absolute Gasteiger partial charge is 0.259 e. The summed E-state index contributed by atoms with van der Waals surface area (Å²) in [6.07, 6.45) is 2.66. The van der Waals surface area contributed by atoms with Gasteiger partial charge in [0.15, 0.2) is 0 Å². The molecule has 1 aliphatic carbocycles. The van der Waals surface area contributed by atoms with Crippen molar-refractivity contribution >= 4 is 33.8 Å². The van der Waals surface area contributed by atoms with E-state index < -0.39 is 11.7 Å². The molecule has 1 atom stereocenters. The van der Waals surface area contributed by atoms with Crippen LogP contribution < -0.4 is 10.6 Å². The third-order valence-corrected chi connectivity index (χ3v) is 6.53. The molecule has 154 valence electrons. The van der Waals surface area contributed by atoms with E-state index in [1.54, 1.807) is 6.07 Å². The molecule has 4 nitrogen and oxygen atoms in total. The van der Waals surface area contributed by atoms with Gasteiger partial charge in [-0.25, -0.2) is 4.39 Å². The number of nitrogens with one attached hydrogen (secondary N) is 2. The number of hydrogen-bond acceptors (Lipinski definition) is 3. The third-order valence-electron chi connectivity index (χ3n) is 5.36. The zero-order chi connectivity index (χ0) is 21.3. The van der Waals surface area contributed by atoms with Crippen LogP contribution in [-0.4, -0.2) is 11.8 Å². The summed E-state index contributed by atoms with van der Waals surface area (Å²) >= 11 is 1.42. The number of rotatable bonds is 4. The van der Waals surface area contributed by atoms with Crippen LogP contribution in [0.2, 0.25) is 0 Å². The monoisotopic (exact) mass is 422 g/mol. The van der Waals surface area contributed by atoms with E-state index in [-0.39, 0.29) is 11.5 Å². The van der Waals surface area contributed by atoms with Gasteiger partial charge in [-0.1, -0.05) is 31.2 Å². The molecule has 0 bridgehead atoms. The normalized spacial score (nSPS) is 15.4. The molecule has 2 aromatic carbocycles. The molecule has 0 saturated heterocycles. The van der Waals surface area contributed by atoms with E-state index in [0.717, 1.165) is 35.3 Å². The predicted molar refractivity (Wildman–Crippen MR) is 119 cm³/mol. The van der Waals surface area contributed by atoms with Crippen LogP contribution in [0.25, 0.3) is 0 Å². The van der Waals surface area contributed by atoms with Gasteiger partial charge in [-0.3, -0.25) is 9.59 Å². The lowest BCUT2D eigenvalue weighted by molar-refractivity contribution is 0.102. The van der Waals surface area contributed by atoms with Crippen molar-refractivity contribution in [2.24, 2.45) is 5.92 Å². The highest BCUT2D eigenvalue weighted by molar-refractivity contribution is 7.17. The lowest BCUT2D eigenvalue weighted by Gasteiger charge is -2.18. The third kappa shape index (κ3) is 4.14. The summed E-state index contributed by atoms with van der Waals surface area (Å²) in [6.45, 7) is 4.15. The second kappa shape index (κ2) is 8.40. The van der Waals surface area contributed by atoms with Crippen LogP contribution in [0, 0.1) is 18.7 Å². The van der Waals surface area contributed by atoms with E-state index in [4.69, 9.17) is 0 Å². The van der Waals surface area contributed by atoms with E-state index in [2.05, 4.69) is 17.6 Å². The van der Waals surface area contributed by atoms with Crippen LogP contribution in [0.5, 0.6) is 0 Å². The Hall–Kier alpha value is -2.99. The first-order valence-electron chi connectivity index (χ1n) is 10.0. The highest BCUT2D eigenvalue weighted by atomic mass is 32.1. The van der Waals surface area contributed by atoms with E-state index in [9.17, 15) is 14.0 Å². The number of anilines is 2. The maximum Gasteiger partial charge on any atom is 0.259 e. The first-order chi connectivity index (χ1) is 14.4. The fourth-order valence-electron chi connectivity index (χ4n) is 3.81. The van der Waals surface area contributed by atoms with Gasteiger partial charge in [0.1, 0.15) is 10.8 Å². The molecule has 1 aromatic heterocycles. The summed E-state index contributed by atoms with van der Waals surface area (Å²) in [5, 5.41) is 6.23. The van der Waals surface area contributed by atoms with E-state index in [0.29, 0.717) is 22.2 Å². The van der Waals surface area contributed by atoms with Crippen molar-refractivity contribution in [1.82, 2.24) is 0 Å². The molecule has 4 rings (SSSR count). The van der Waals surface area contributed by atoms with Crippen molar-refractivity contribution in [1.29, 1.82) is 0 Å². The summed E-state index contributed by atoms with van der Waals surface area (Å²) in [7, 11) is 0. The zero-order valence-electron chi connectivity index (χ0n) is 16.9. The van der Waals surface area contributed by atoms with Gasteiger partial charge in [0, 0.05) is 10.6 Å². The summed E-state index contributed by atoms with van der Waals surface area (Å²) in [4.78, 5) is 27.0. The molecular formula is C24H23FN2O2S. The molecule has 0 aliphatic heterocycles. The molecule has 2 amide bonds. The van der Waals surface area contributed by atoms with Gasteiger partial charge < -0.3 is 10.6 Å². The lowest BCUT2D eigenvalue weighted by Crippen LogP contribution is -2.20. The first kappa shape index (κ1) is 20.3. The number of aryl methyl sites for hydroxylation is 1. The quantitative estimate of drug-likeness (QED) is 0.556. The molecule has 30 heavy (non-hydrogen) atoms. The SMILES string of the molecule is Cc1cccc(NC(=O)c2c(NC(=O)c3ccccc3F)sc3c2CCC(C)C3)c1. The number of carbonyl (C=O) groups excluding carboxylic acids is 2. The minimum absolute atomic E-state index is 0.0396. The van der Waals surface area contributed by atoms with E-state index in [1.165, 1.54) is 29.5 Å². The number of halogens is 1. The molecule has 0 spiro atoms. The molecule has 1 aliphatic rings. The Labute approximate surface area is 179 Å². The Morgan fingerprint density at radius 2 is 1.87 bits per heavy atom. The number of thiophene rings is 1. The number of fused-ring (bicyclic) bond motifs is 1. The number of hydrogen-bond donors (Lipinski definition) is 2. The molecule has 0 fully saturated rings. The van der Waals surface area contributed by atoms with Crippen LogP contribution in [0.1, 0.15) is 50.1 Å². The number of benzene rings is 2. The van der Waals surface area contributed by atoms with Crippen LogP contribution in [0.3, 0.4) is 0 Å². The molecule has 1 unspecified atom stereocenters. The Morgan fingerprint density at radius 1 is 1.07 bits per heavy atom. The standard InChI is InChI=1S/C24H23FN2O2S/c1-14-6-5-7-16(12-14)26-23(29)21-18-11-10-15(2)13-20(18)30-24(21)27-22(28)17-8-3-4-9-19(17)25/h3-9,12,15H,10-11,13H2,1-2H3,(H,26,29)(H,27,28). The second-order valence-electron chi connectivity index (χ2n) is 7.81. The molecule has 0 saturated carbocycles. The largest absolute Gasteiger partial charge is 0.322 e. The zero-order valence-corrected chi connectivity index (χ0v) is 17.7. The van der Waals surface area contributed by atoms with Gasteiger partial charge >= 0.3 is 0 Å². The second-order valence-corrected chi connectivity index (χ2v) is 8.92. The van der Waals surface area contributed by atoms with Crippen molar-refractivity contribution in [2.75, 3.05) is 10.6 Å². The van der Waals surface area contributed by atoms with Gasteiger partial charge in [0.05, 0.1) is 11.1 Å². The van der Waals surface area contributed by atoms with Crippen LogP contribution in [0.4, 0.5) is 15.1 Å². The van der Waals surface area contributed by atoms with Crippen molar-refractivity contribution in [2.45, 2.75) is 33.1 Å². The highest BCUT2D eigenvalue weighted by Gasteiger charge is 2.29. The molecule has 1 heterocycles. The molecule has 6 heteroatoms. The van der Waals surface area contributed by atoms with Gasteiger partial charge in [-0.2, -0.15) is 0 Å². The maximum atomic E-state index is 14.1. The van der Waals surface area contributed by atoms with Crippen molar-refractivity contribution < 1.29 is 14.0 Å². The molecule has 0 radical (unpaired) electrons. The predicted octanol–water partition coefficient (Wildman–Crippen LogP) is 5.83.